The number of hydrogen-bond donors (Lipinski definition) is 0. The minimum atomic E-state index is -0.665. The zero-order chi connectivity index (χ0) is 7.61. The minimum Gasteiger partial charge on any atom is -0.347 e. The molecule has 0 N–H and O–H groups in total. The Balaban J connectivity index is 2.57. The van der Waals surface area contributed by atoms with E-state index in [0.717, 1.165) is 6.29 Å². The monoisotopic (exact) mass is 144 g/mol. The molecule has 0 spiro atoms. The van der Waals surface area contributed by atoms with E-state index in [4.69, 9.17) is 9.47 Å². The van der Waals surface area contributed by atoms with Gasteiger partial charge in [-0.05, 0) is 6.92 Å². The Morgan fingerprint density at radius 3 is 2.40 bits per heavy atom. The van der Waals surface area contributed by atoms with Gasteiger partial charge in [-0.2, -0.15) is 0 Å². The first-order valence-electron chi connectivity index (χ1n) is 3.42. The van der Waals surface area contributed by atoms with Crippen molar-refractivity contribution in [2.45, 2.75) is 19.6 Å². The Morgan fingerprint density at radius 2 is 2.00 bits per heavy atom. The maximum atomic E-state index is 10.3. The molecule has 1 fully saturated rings. The van der Waals surface area contributed by atoms with E-state index in [-0.39, 0.29) is 5.92 Å². The standard InChI is InChI=1S/C7H12O3/c1-6(5-8)7(2)9-3-4-10-7/h5-6H,3-4H2,1-2H3/t6-/m0/s1. The minimum absolute atomic E-state index is 0.185. The quantitative estimate of drug-likeness (QED) is 0.532. The van der Waals surface area contributed by atoms with E-state index in [0.29, 0.717) is 13.2 Å². The SMILES string of the molecule is C[C@@H](C=O)C1(C)OCCO1. The molecule has 0 amide bonds. The number of hydrogen-bond acceptors (Lipinski definition) is 3. The molecule has 58 valence electrons. The predicted molar refractivity (Wildman–Crippen MR) is 35.5 cm³/mol. The molecule has 10 heavy (non-hydrogen) atoms. The third-order valence-electron chi connectivity index (χ3n) is 1.89. The first-order valence-corrected chi connectivity index (χ1v) is 3.42. The molecule has 1 rings (SSSR count). The van der Waals surface area contributed by atoms with Gasteiger partial charge in [-0.1, -0.05) is 6.92 Å². The van der Waals surface area contributed by atoms with Crippen LogP contribution in [0.5, 0.6) is 0 Å². The molecule has 0 aromatic heterocycles. The first-order chi connectivity index (χ1) is 4.69. The van der Waals surface area contributed by atoms with Gasteiger partial charge < -0.3 is 14.3 Å². The fraction of sp³-hybridized carbons (Fsp3) is 0.857. The highest BCUT2D eigenvalue weighted by Crippen LogP contribution is 2.25. The molecule has 0 radical (unpaired) electrons. The van der Waals surface area contributed by atoms with Gasteiger partial charge in [-0.15, -0.1) is 0 Å². The van der Waals surface area contributed by atoms with E-state index in [1.165, 1.54) is 0 Å². The zero-order valence-electron chi connectivity index (χ0n) is 6.29. The van der Waals surface area contributed by atoms with Gasteiger partial charge in [0.2, 0.25) is 0 Å². The number of ether oxygens (including phenoxy) is 2. The lowest BCUT2D eigenvalue weighted by atomic mass is 10.1. The Morgan fingerprint density at radius 1 is 1.50 bits per heavy atom. The van der Waals surface area contributed by atoms with Crippen LogP contribution in [0.2, 0.25) is 0 Å². The summed E-state index contributed by atoms with van der Waals surface area (Å²) in [5.41, 5.74) is 0. The third kappa shape index (κ3) is 1.20. The van der Waals surface area contributed by atoms with Crippen molar-refractivity contribution in [1.82, 2.24) is 0 Å². The fourth-order valence-electron chi connectivity index (χ4n) is 0.917. The highest BCUT2D eigenvalue weighted by Gasteiger charge is 2.36. The Labute approximate surface area is 60.3 Å². The van der Waals surface area contributed by atoms with Crippen LogP contribution in [0.4, 0.5) is 0 Å². The molecular formula is C7H12O3. The normalized spacial score (nSPS) is 26.2. The highest BCUT2D eigenvalue weighted by atomic mass is 16.7. The molecule has 0 aromatic carbocycles. The van der Waals surface area contributed by atoms with Gasteiger partial charge in [-0.3, -0.25) is 0 Å². The number of aldehydes is 1. The van der Waals surface area contributed by atoms with Crippen molar-refractivity contribution in [3.05, 3.63) is 0 Å². The summed E-state index contributed by atoms with van der Waals surface area (Å²) >= 11 is 0. The average molecular weight is 144 g/mol. The second kappa shape index (κ2) is 2.68. The van der Waals surface area contributed by atoms with Gasteiger partial charge in [0.15, 0.2) is 5.79 Å². The third-order valence-corrected chi connectivity index (χ3v) is 1.89. The van der Waals surface area contributed by atoms with Crippen LogP contribution in [0.1, 0.15) is 13.8 Å². The molecule has 0 aliphatic carbocycles. The van der Waals surface area contributed by atoms with Gasteiger partial charge in [-0.25, -0.2) is 0 Å². The van der Waals surface area contributed by atoms with Crippen LogP contribution in [-0.4, -0.2) is 25.3 Å². The topological polar surface area (TPSA) is 35.5 Å². The van der Waals surface area contributed by atoms with Crippen LogP contribution in [0.25, 0.3) is 0 Å². The van der Waals surface area contributed by atoms with Crippen molar-refractivity contribution < 1.29 is 14.3 Å². The maximum absolute atomic E-state index is 10.3. The molecule has 3 heteroatoms. The maximum Gasteiger partial charge on any atom is 0.174 e. The molecule has 0 bridgehead atoms. The van der Waals surface area contributed by atoms with E-state index in [2.05, 4.69) is 0 Å². The van der Waals surface area contributed by atoms with E-state index >= 15 is 0 Å². The zero-order valence-corrected chi connectivity index (χ0v) is 6.29. The Hall–Kier alpha value is -0.410. The second-order valence-corrected chi connectivity index (χ2v) is 2.64. The van der Waals surface area contributed by atoms with Crippen LogP contribution in [0, 0.1) is 5.92 Å². The van der Waals surface area contributed by atoms with Crippen LogP contribution in [-0.2, 0) is 14.3 Å². The van der Waals surface area contributed by atoms with Gasteiger partial charge in [0.1, 0.15) is 6.29 Å². The summed E-state index contributed by atoms with van der Waals surface area (Å²) in [7, 11) is 0. The molecule has 3 nitrogen and oxygen atoms in total. The summed E-state index contributed by atoms with van der Waals surface area (Å²) in [4.78, 5) is 10.3. The van der Waals surface area contributed by atoms with Crippen molar-refractivity contribution in [3.8, 4) is 0 Å². The number of carbonyl (C=O) groups is 1. The van der Waals surface area contributed by atoms with E-state index < -0.39 is 5.79 Å². The first kappa shape index (κ1) is 7.69. The summed E-state index contributed by atoms with van der Waals surface area (Å²) in [6.45, 7) is 4.76. The summed E-state index contributed by atoms with van der Waals surface area (Å²) < 4.78 is 10.5. The van der Waals surface area contributed by atoms with Crippen LogP contribution in [0.15, 0.2) is 0 Å². The van der Waals surface area contributed by atoms with Crippen molar-refractivity contribution in [1.29, 1.82) is 0 Å². The lowest BCUT2D eigenvalue weighted by molar-refractivity contribution is -0.176. The summed E-state index contributed by atoms with van der Waals surface area (Å²) in [5, 5.41) is 0. The predicted octanol–water partition coefficient (Wildman–Crippen LogP) is 0.584. The van der Waals surface area contributed by atoms with Crippen molar-refractivity contribution in [2.75, 3.05) is 13.2 Å². The van der Waals surface area contributed by atoms with Crippen molar-refractivity contribution >= 4 is 6.29 Å². The van der Waals surface area contributed by atoms with Gasteiger partial charge in [0.25, 0.3) is 0 Å². The second-order valence-electron chi connectivity index (χ2n) is 2.64. The number of carbonyl (C=O) groups excluding carboxylic acids is 1. The summed E-state index contributed by atoms with van der Waals surface area (Å²) in [6.07, 6.45) is 0.852. The van der Waals surface area contributed by atoms with Gasteiger partial charge in [0, 0.05) is 0 Å². The summed E-state index contributed by atoms with van der Waals surface area (Å²) in [5.74, 6) is -0.850. The lowest BCUT2D eigenvalue weighted by Crippen LogP contribution is -2.34. The largest absolute Gasteiger partial charge is 0.347 e. The molecule has 1 aliphatic heterocycles. The van der Waals surface area contributed by atoms with Crippen LogP contribution in [0.3, 0.4) is 0 Å². The fourth-order valence-corrected chi connectivity index (χ4v) is 0.917. The lowest BCUT2D eigenvalue weighted by Gasteiger charge is -2.25. The average Bonchev–Trinajstić information content (AvgIpc) is 2.36. The van der Waals surface area contributed by atoms with E-state index in [1.807, 2.05) is 0 Å². The van der Waals surface area contributed by atoms with Crippen molar-refractivity contribution in [3.63, 3.8) is 0 Å². The van der Waals surface area contributed by atoms with Crippen LogP contribution >= 0.6 is 0 Å². The van der Waals surface area contributed by atoms with Crippen molar-refractivity contribution in [2.24, 2.45) is 5.92 Å². The molecule has 0 unspecified atom stereocenters. The van der Waals surface area contributed by atoms with E-state index in [9.17, 15) is 4.79 Å². The Bertz CT molecular complexity index is 127. The molecular weight excluding hydrogens is 132 g/mol. The molecule has 0 saturated carbocycles. The summed E-state index contributed by atoms with van der Waals surface area (Å²) in [6, 6.07) is 0. The smallest absolute Gasteiger partial charge is 0.174 e. The van der Waals surface area contributed by atoms with Crippen LogP contribution < -0.4 is 0 Å². The molecule has 1 aliphatic rings. The highest BCUT2D eigenvalue weighted by molar-refractivity contribution is 5.54. The molecule has 0 aromatic rings. The van der Waals surface area contributed by atoms with Gasteiger partial charge in [0.05, 0.1) is 19.1 Å². The molecule has 1 saturated heterocycles. The number of rotatable bonds is 2. The Kier molecular flexibility index (Phi) is 2.06. The molecule has 1 atom stereocenters. The van der Waals surface area contributed by atoms with Gasteiger partial charge >= 0.3 is 0 Å². The van der Waals surface area contributed by atoms with E-state index in [1.54, 1.807) is 13.8 Å². The molecule has 1 heterocycles.